The zero-order valence-electron chi connectivity index (χ0n) is 15.8. The third kappa shape index (κ3) is 3.92. The Hall–Kier alpha value is -2.94. The zero-order valence-corrected chi connectivity index (χ0v) is 15.8. The Kier molecular flexibility index (Phi) is 5.70. The minimum Gasteiger partial charge on any atom is -0.308 e. The molecule has 1 aromatic carbocycles. The van der Waals surface area contributed by atoms with Crippen molar-refractivity contribution in [2.24, 2.45) is 0 Å². The van der Waals surface area contributed by atoms with Crippen LogP contribution in [0.2, 0.25) is 0 Å². The second-order valence-corrected chi connectivity index (χ2v) is 7.05. The molecule has 27 heavy (non-hydrogen) atoms. The van der Waals surface area contributed by atoms with Gasteiger partial charge in [0.15, 0.2) is 0 Å². The summed E-state index contributed by atoms with van der Waals surface area (Å²) in [6.07, 6.45) is 5.30. The van der Waals surface area contributed by atoms with Crippen LogP contribution in [0.3, 0.4) is 0 Å². The van der Waals surface area contributed by atoms with E-state index in [1.807, 2.05) is 41.3 Å². The lowest BCUT2D eigenvalue weighted by molar-refractivity contribution is -0.120. The Morgan fingerprint density at radius 3 is 2.52 bits per heavy atom. The first kappa shape index (κ1) is 18.8. The highest BCUT2D eigenvalue weighted by Crippen LogP contribution is 2.27. The largest absolute Gasteiger partial charge is 0.308 e. The summed E-state index contributed by atoms with van der Waals surface area (Å²) in [5.74, 6) is -0.171. The lowest BCUT2D eigenvalue weighted by Gasteiger charge is -2.34. The van der Waals surface area contributed by atoms with E-state index in [9.17, 15) is 14.9 Å². The maximum atomic E-state index is 13.2. The number of amides is 1. The summed E-state index contributed by atoms with van der Waals surface area (Å²) in [5, 5.41) is 13.5. The summed E-state index contributed by atoms with van der Waals surface area (Å²) in [6.45, 7) is 3.28. The van der Waals surface area contributed by atoms with Gasteiger partial charge in [-0.3, -0.25) is 9.59 Å². The summed E-state index contributed by atoms with van der Waals surface area (Å²) in [5.41, 5.74) is 1.54. The molecule has 6 nitrogen and oxygen atoms in total. The van der Waals surface area contributed by atoms with Crippen LogP contribution in [0.25, 0.3) is 0 Å². The van der Waals surface area contributed by atoms with Crippen molar-refractivity contribution in [3.63, 3.8) is 0 Å². The Bertz CT molecular complexity index is 922. The summed E-state index contributed by atoms with van der Waals surface area (Å²) in [4.78, 5) is 27.6. The maximum Gasteiger partial charge on any atom is 0.285 e. The van der Waals surface area contributed by atoms with Gasteiger partial charge in [-0.05, 0) is 44.4 Å². The number of carbonyl (C=O) groups excluding carboxylic acids is 1. The number of para-hydroxylation sites is 1. The van der Waals surface area contributed by atoms with E-state index in [1.165, 1.54) is 6.42 Å². The van der Waals surface area contributed by atoms with Gasteiger partial charge in [0.25, 0.3) is 5.56 Å². The molecule has 1 aromatic heterocycles. The molecule has 1 aliphatic carbocycles. The molecule has 2 aromatic rings. The predicted molar refractivity (Wildman–Crippen MR) is 103 cm³/mol. The van der Waals surface area contributed by atoms with E-state index >= 15 is 0 Å². The number of anilines is 1. The zero-order chi connectivity index (χ0) is 19.4. The molecule has 0 bridgehead atoms. The second-order valence-electron chi connectivity index (χ2n) is 7.05. The van der Waals surface area contributed by atoms with Crippen LogP contribution in [0.4, 0.5) is 5.69 Å². The van der Waals surface area contributed by atoms with Crippen LogP contribution >= 0.6 is 0 Å². The third-order valence-electron chi connectivity index (χ3n) is 5.28. The van der Waals surface area contributed by atoms with E-state index in [2.05, 4.69) is 5.10 Å². The summed E-state index contributed by atoms with van der Waals surface area (Å²) >= 11 is 0. The first-order valence-corrected chi connectivity index (χ1v) is 9.38. The minimum atomic E-state index is -0.509. The standard InChI is InChI=1S/C21H24N4O2/c1-15-16(2)23-24(21(27)19(15)13-22)14-20(26)25(17-9-5-3-6-10-17)18-11-7-4-8-12-18/h3,5-6,9-10,18H,4,7-8,11-12,14H2,1-2H3. The van der Waals surface area contributed by atoms with E-state index in [1.54, 1.807) is 13.8 Å². The maximum absolute atomic E-state index is 13.2. The monoisotopic (exact) mass is 364 g/mol. The number of aryl methyl sites for hydroxylation is 1. The highest BCUT2D eigenvalue weighted by atomic mass is 16.2. The van der Waals surface area contributed by atoms with Crippen LogP contribution in [0, 0.1) is 25.2 Å². The van der Waals surface area contributed by atoms with E-state index in [0.717, 1.165) is 36.1 Å². The van der Waals surface area contributed by atoms with Crippen molar-refractivity contribution in [2.45, 2.75) is 58.5 Å². The van der Waals surface area contributed by atoms with Crippen molar-refractivity contribution < 1.29 is 4.79 Å². The van der Waals surface area contributed by atoms with E-state index < -0.39 is 5.56 Å². The molecule has 1 fully saturated rings. The molecular weight excluding hydrogens is 340 g/mol. The van der Waals surface area contributed by atoms with Gasteiger partial charge in [0.2, 0.25) is 5.91 Å². The number of nitrogens with zero attached hydrogens (tertiary/aromatic N) is 4. The lowest BCUT2D eigenvalue weighted by Crippen LogP contribution is -2.45. The molecule has 0 aliphatic heterocycles. The van der Waals surface area contributed by atoms with Crippen LogP contribution in [0.15, 0.2) is 35.1 Å². The molecule has 1 heterocycles. The number of nitriles is 1. The molecule has 0 radical (unpaired) electrons. The molecule has 1 aliphatic rings. The molecule has 3 rings (SSSR count). The molecule has 0 unspecified atom stereocenters. The molecule has 6 heteroatoms. The van der Waals surface area contributed by atoms with E-state index in [4.69, 9.17) is 0 Å². The minimum absolute atomic E-state index is 0.0548. The third-order valence-corrected chi connectivity index (χ3v) is 5.28. The quantitative estimate of drug-likeness (QED) is 0.835. The van der Waals surface area contributed by atoms with Crippen molar-refractivity contribution in [1.29, 1.82) is 5.26 Å². The first-order valence-electron chi connectivity index (χ1n) is 9.38. The predicted octanol–water partition coefficient (Wildman–Crippen LogP) is 3.10. The first-order chi connectivity index (χ1) is 13.0. The average Bonchev–Trinajstić information content (AvgIpc) is 2.68. The average molecular weight is 364 g/mol. The Balaban J connectivity index is 1.95. The normalized spacial score (nSPS) is 14.6. The summed E-state index contributed by atoms with van der Waals surface area (Å²) in [6, 6.07) is 11.7. The SMILES string of the molecule is Cc1nn(CC(=O)N(c2ccccc2)C2CCCCC2)c(=O)c(C#N)c1C. The fourth-order valence-corrected chi connectivity index (χ4v) is 3.70. The van der Waals surface area contributed by atoms with Crippen molar-refractivity contribution in [2.75, 3.05) is 4.90 Å². The van der Waals surface area contributed by atoms with Crippen LogP contribution in [-0.2, 0) is 11.3 Å². The smallest absolute Gasteiger partial charge is 0.285 e. The number of carbonyl (C=O) groups is 1. The van der Waals surface area contributed by atoms with Gasteiger partial charge in [-0.1, -0.05) is 37.5 Å². The molecular formula is C21H24N4O2. The van der Waals surface area contributed by atoms with Crippen LogP contribution in [0.5, 0.6) is 0 Å². The van der Waals surface area contributed by atoms with Crippen molar-refractivity contribution in [1.82, 2.24) is 9.78 Å². The number of aromatic nitrogens is 2. The van der Waals surface area contributed by atoms with E-state index in [-0.39, 0.29) is 24.1 Å². The number of hydrogen-bond donors (Lipinski definition) is 0. The highest BCUT2D eigenvalue weighted by molar-refractivity contribution is 5.93. The van der Waals surface area contributed by atoms with Crippen molar-refractivity contribution >= 4 is 11.6 Å². The highest BCUT2D eigenvalue weighted by Gasteiger charge is 2.27. The van der Waals surface area contributed by atoms with Crippen molar-refractivity contribution in [3.8, 4) is 6.07 Å². The summed E-state index contributed by atoms with van der Waals surface area (Å²) < 4.78 is 1.13. The molecule has 140 valence electrons. The lowest BCUT2D eigenvalue weighted by atomic mass is 9.93. The van der Waals surface area contributed by atoms with Crippen LogP contribution < -0.4 is 10.5 Å². The van der Waals surface area contributed by atoms with Crippen LogP contribution in [-0.4, -0.2) is 21.7 Å². The van der Waals surface area contributed by atoms with Crippen molar-refractivity contribution in [3.05, 3.63) is 57.5 Å². The van der Waals surface area contributed by atoms with Gasteiger partial charge < -0.3 is 4.90 Å². The number of hydrogen-bond acceptors (Lipinski definition) is 4. The van der Waals surface area contributed by atoms with Gasteiger partial charge >= 0.3 is 0 Å². The molecule has 0 atom stereocenters. The molecule has 1 amide bonds. The Morgan fingerprint density at radius 2 is 1.89 bits per heavy atom. The van der Waals surface area contributed by atoms with Gasteiger partial charge in [0.05, 0.1) is 5.69 Å². The van der Waals surface area contributed by atoms with Gasteiger partial charge in [-0.25, -0.2) is 4.68 Å². The molecule has 0 spiro atoms. The fraction of sp³-hybridized carbons (Fsp3) is 0.429. The Morgan fingerprint density at radius 1 is 1.22 bits per heavy atom. The summed E-state index contributed by atoms with van der Waals surface area (Å²) in [7, 11) is 0. The number of rotatable bonds is 4. The molecule has 1 saturated carbocycles. The Labute approximate surface area is 159 Å². The van der Waals surface area contributed by atoms with Gasteiger partial charge in [0.1, 0.15) is 18.2 Å². The van der Waals surface area contributed by atoms with E-state index in [0.29, 0.717) is 11.3 Å². The van der Waals surface area contributed by atoms with Gasteiger partial charge in [0, 0.05) is 11.7 Å². The topological polar surface area (TPSA) is 79.0 Å². The second kappa shape index (κ2) is 8.17. The number of benzene rings is 1. The van der Waals surface area contributed by atoms with Gasteiger partial charge in [-0.15, -0.1) is 0 Å². The van der Waals surface area contributed by atoms with Crippen LogP contribution in [0.1, 0.15) is 48.9 Å². The molecule has 0 N–H and O–H groups in total. The fourth-order valence-electron chi connectivity index (χ4n) is 3.70. The molecule has 0 saturated heterocycles. The van der Waals surface area contributed by atoms with Gasteiger partial charge in [-0.2, -0.15) is 10.4 Å².